The first kappa shape index (κ1) is 12.2. The highest BCUT2D eigenvalue weighted by molar-refractivity contribution is 14.1. The third-order valence-electron chi connectivity index (χ3n) is 2.51. The Labute approximate surface area is 98.7 Å². The van der Waals surface area contributed by atoms with Gasteiger partial charge in [0.15, 0.2) is 0 Å². The summed E-state index contributed by atoms with van der Waals surface area (Å²) >= 11 is 2.14. The molecular formula is C10H17IO3. The van der Waals surface area contributed by atoms with Gasteiger partial charge in [0.2, 0.25) is 0 Å². The zero-order valence-corrected chi connectivity index (χ0v) is 11.0. The maximum Gasteiger partial charge on any atom is 0.324 e. The van der Waals surface area contributed by atoms with Gasteiger partial charge in [-0.05, 0) is 33.6 Å². The van der Waals surface area contributed by atoms with Gasteiger partial charge in [-0.3, -0.25) is 4.79 Å². The van der Waals surface area contributed by atoms with Crippen LogP contribution in [-0.4, -0.2) is 28.2 Å². The van der Waals surface area contributed by atoms with Crippen molar-refractivity contribution in [3.63, 3.8) is 0 Å². The van der Waals surface area contributed by atoms with E-state index < -0.39 is 3.42 Å². The molecule has 0 bridgehead atoms. The predicted molar refractivity (Wildman–Crippen MR) is 62.6 cm³/mol. The Bertz CT molecular complexity index is 215. The minimum atomic E-state index is -0.543. The van der Waals surface area contributed by atoms with Gasteiger partial charge in [0.25, 0.3) is 0 Å². The van der Waals surface area contributed by atoms with Gasteiger partial charge < -0.3 is 9.47 Å². The molecule has 0 radical (unpaired) electrons. The van der Waals surface area contributed by atoms with Crippen LogP contribution in [0.15, 0.2) is 0 Å². The third-order valence-corrected chi connectivity index (χ3v) is 3.65. The van der Waals surface area contributed by atoms with E-state index in [-0.39, 0.29) is 18.2 Å². The monoisotopic (exact) mass is 312 g/mol. The van der Waals surface area contributed by atoms with E-state index in [1.807, 2.05) is 20.8 Å². The summed E-state index contributed by atoms with van der Waals surface area (Å²) in [7, 11) is 0. The van der Waals surface area contributed by atoms with Gasteiger partial charge in [-0.1, -0.05) is 22.6 Å². The van der Waals surface area contributed by atoms with Crippen LogP contribution >= 0.6 is 22.6 Å². The first-order valence-electron chi connectivity index (χ1n) is 5.00. The number of carbonyl (C=O) groups excluding carboxylic acids is 1. The van der Waals surface area contributed by atoms with E-state index >= 15 is 0 Å². The van der Waals surface area contributed by atoms with E-state index in [1.165, 1.54) is 0 Å². The van der Waals surface area contributed by atoms with Gasteiger partial charge in [0.05, 0.1) is 18.8 Å². The van der Waals surface area contributed by atoms with E-state index in [4.69, 9.17) is 9.47 Å². The Morgan fingerprint density at radius 2 is 2.29 bits per heavy atom. The smallest absolute Gasteiger partial charge is 0.324 e. The predicted octanol–water partition coefficient (Wildman–Crippen LogP) is 2.31. The molecule has 1 aliphatic heterocycles. The number of alkyl halides is 1. The number of carbonyl (C=O) groups is 1. The van der Waals surface area contributed by atoms with E-state index in [0.29, 0.717) is 6.61 Å². The minimum absolute atomic E-state index is 0.00264. The summed E-state index contributed by atoms with van der Waals surface area (Å²) in [6, 6.07) is 0. The molecule has 0 N–H and O–H groups in total. The normalized spacial score (nSPS) is 31.1. The number of rotatable bonds is 3. The molecule has 0 spiro atoms. The van der Waals surface area contributed by atoms with Crippen LogP contribution in [0.25, 0.3) is 0 Å². The summed E-state index contributed by atoms with van der Waals surface area (Å²) in [5.74, 6) is -0.167. The highest BCUT2D eigenvalue weighted by atomic mass is 127. The highest BCUT2D eigenvalue weighted by Gasteiger charge is 2.44. The van der Waals surface area contributed by atoms with Crippen molar-refractivity contribution in [2.45, 2.75) is 49.2 Å². The topological polar surface area (TPSA) is 35.5 Å². The fourth-order valence-corrected chi connectivity index (χ4v) is 2.22. The van der Waals surface area contributed by atoms with Crippen LogP contribution in [0.3, 0.4) is 0 Å². The Kier molecular flexibility index (Phi) is 4.18. The molecule has 0 aromatic carbocycles. The van der Waals surface area contributed by atoms with Gasteiger partial charge >= 0.3 is 5.97 Å². The van der Waals surface area contributed by atoms with Gasteiger partial charge in [-0.25, -0.2) is 0 Å². The molecule has 4 heteroatoms. The summed E-state index contributed by atoms with van der Waals surface area (Å²) in [6.45, 7) is 6.18. The SMILES string of the molecule is CCOC(=O)C(C)(I)C1CCC(C)O1. The molecule has 3 unspecified atom stereocenters. The second-order valence-corrected chi connectivity index (χ2v) is 6.05. The fraction of sp³-hybridized carbons (Fsp3) is 0.900. The zero-order valence-electron chi connectivity index (χ0n) is 8.88. The van der Waals surface area contributed by atoms with Crippen molar-refractivity contribution in [3.05, 3.63) is 0 Å². The summed E-state index contributed by atoms with van der Waals surface area (Å²) < 4.78 is 10.2. The Morgan fingerprint density at radius 3 is 2.71 bits per heavy atom. The van der Waals surface area contributed by atoms with Crippen molar-refractivity contribution in [1.29, 1.82) is 0 Å². The fourth-order valence-electron chi connectivity index (χ4n) is 1.61. The van der Waals surface area contributed by atoms with Crippen LogP contribution in [0, 0.1) is 0 Å². The average molecular weight is 312 g/mol. The summed E-state index contributed by atoms with van der Waals surface area (Å²) in [4.78, 5) is 11.6. The Morgan fingerprint density at radius 1 is 1.64 bits per heavy atom. The number of halogens is 1. The van der Waals surface area contributed by atoms with Crippen molar-refractivity contribution in [2.24, 2.45) is 0 Å². The molecule has 0 saturated carbocycles. The standard InChI is InChI=1S/C10H17IO3/c1-4-13-9(12)10(3,11)8-6-5-7(2)14-8/h7-8H,4-6H2,1-3H3. The summed E-state index contributed by atoms with van der Waals surface area (Å²) in [5, 5.41) is 0. The lowest BCUT2D eigenvalue weighted by Crippen LogP contribution is -2.42. The molecule has 0 aromatic heterocycles. The van der Waals surface area contributed by atoms with Crippen LogP contribution in [0.2, 0.25) is 0 Å². The number of ether oxygens (including phenoxy) is 2. The van der Waals surface area contributed by atoms with Crippen LogP contribution in [0.1, 0.15) is 33.6 Å². The molecule has 1 rings (SSSR count). The lowest BCUT2D eigenvalue weighted by atomic mass is 10.0. The van der Waals surface area contributed by atoms with Crippen LogP contribution in [0.5, 0.6) is 0 Å². The molecule has 1 saturated heterocycles. The highest BCUT2D eigenvalue weighted by Crippen LogP contribution is 2.35. The molecule has 3 atom stereocenters. The molecule has 1 heterocycles. The number of hydrogen-bond acceptors (Lipinski definition) is 3. The second-order valence-electron chi connectivity index (χ2n) is 3.81. The van der Waals surface area contributed by atoms with Crippen molar-refractivity contribution >= 4 is 28.6 Å². The van der Waals surface area contributed by atoms with Crippen LogP contribution in [0.4, 0.5) is 0 Å². The van der Waals surface area contributed by atoms with E-state index in [1.54, 1.807) is 0 Å². The number of esters is 1. The lowest BCUT2D eigenvalue weighted by Gasteiger charge is -2.26. The Hall–Kier alpha value is 0.160. The molecule has 82 valence electrons. The average Bonchev–Trinajstić information content (AvgIpc) is 2.52. The Balaban J connectivity index is 2.59. The molecule has 0 aliphatic carbocycles. The molecule has 1 aliphatic rings. The summed E-state index contributed by atoms with van der Waals surface area (Å²) in [5.41, 5.74) is 0. The first-order valence-corrected chi connectivity index (χ1v) is 6.08. The van der Waals surface area contributed by atoms with Gasteiger partial charge in [-0.2, -0.15) is 0 Å². The third kappa shape index (κ3) is 2.59. The van der Waals surface area contributed by atoms with Crippen molar-refractivity contribution in [1.82, 2.24) is 0 Å². The van der Waals surface area contributed by atoms with Gasteiger partial charge in [0.1, 0.15) is 3.42 Å². The lowest BCUT2D eigenvalue weighted by molar-refractivity contribution is -0.148. The van der Waals surface area contributed by atoms with E-state index in [2.05, 4.69) is 22.6 Å². The van der Waals surface area contributed by atoms with Crippen LogP contribution in [-0.2, 0) is 14.3 Å². The molecule has 14 heavy (non-hydrogen) atoms. The maximum atomic E-state index is 11.6. The van der Waals surface area contributed by atoms with Crippen LogP contribution < -0.4 is 0 Å². The van der Waals surface area contributed by atoms with Gasteiger partial charge in [0, 0.05) is 0 Å². The van der Waals surface area contributed by atoms with Crippen molar-refractivity contribution in [2.75, 3.05) is 6.61 Å². The molecule has 0 amide bonds. The molecule has 3 nitrogen and oxygen atoms in total. The largest absolute Gasteiger partial charge is 0.465 e. The minimum Gasteiger partial charge on any atom is -0.465 e. The van der Waals surface area contributed by atoms with Gasteiger partial charge in [-0.15, -0.1) is 0 Å². The zero-order chi connectivity index (χ0) is 10.8. The quantitative estimate of drug-likeness (QED) is 0.456. The van der Waals surface area contributed by atoms with E-state index in [0.717, 1.165) is 12.8 Å². The van der Waals surface area contributed by atoms with E-state index in [9.17, 15) is 4.79 Å². The maximum absolute atomic E-state index is 11.6. The molecule has 1 fully saturated rings. The summed E-state index contributed by atoms with van der Waals surface area (Å²) in [6.07, 6.45) is 2.24. The van der Waals surface area contributed by atoms with Crippen molar-refractivity contribution in [3.8, 4) is 0 Å². The first-order chi connectivity index (χ1) is 6.48. The molecular weight excluding hydrogens is 295 g/mol. The van der Waals surface area contributed by atoms with Crippen molar-refractivity contribution < 1.29 is 14.3 Å². The number of hydrogen-bond donors (Lipinski definition) is 0. The molecule has 0 aromatic rings. The second kappa shape index (κ2) is 4.79.